The van der Waals surface area contributed by atoms with Gasteiger partial charge in [0, 0.05) is 48.6 Å². The van der Waals surface area contributed by atoms with Crippen LogP contribution in [0.2, 0.25) is 10.0 Å². The Labute approximate surface area is 239 Å². The molecule has 9 heteroatoms. The van der Waals surface area contributed by atoms with Gasteiger partial charge in [-0.15, -0.1) is 0 Å². The van der Waals surface area contributed by atoms with Crippen LogP contribution < -0.4 is 4.74 Å². The summed E-state index contributed by atoms with van der Waals surface area (Å²) in [5.41, 5.74) is 0.951. The number of aromatic nitrogens is 1. The number of rotatable bonds is 7. The molecule has 0 N–H and O–H groups in total. The van der Waals surface area contributed by atoms with Crippen LogP contribution in [-0.2, 0) is 4.79 Å². The van der Waals surface area contributed by atoms with Crippen LogP contribution in [0.5, 0.6) is 5.75 Å². The summed E-state index contributed by atoms with van der Waals surface area (Å²) in [4.78, 5) is 31.3. The number of amides is 2. The van der Waals surface area contributed by atoms with Gasteiger partial charge < -0.3 is 19.1 Å². The summed E-state index contributed by atoms with van der Waals surface area (Å²) in [5, 5.41) is 5.31. The molecule has 0 aliphatic carbocycles. The lowest BCUT2D eigenvalue weighted by atomic mass is 9.77. The van der Waals surface area contributed by atoms with E-state index in [0.29, 0.717) is 64.5 Å². The number of carbonyl (C=O) groups is 2. The van der Waals surface area contributed by atoms with Crippen LogP contribution >= 0.6 is 23.2 Å². The number of piperidine rings is 2. The number of halogens is 2. The lowest BCUT2D eigenvalue weighted by Crippen LogP contribution is -2.51. The highest BCUT2D eigenvalue weighted by Gasteiger charge is 2.42. The molecule has 0 spiro atoms. The molecule has 0 bridgehead atoms. The molecular weight excluding hydrogens is 537 g/mol. The Morgan fingerprint density at radius 1 is 0.974 bits per heavy atom. The summed E-state index contributed by atoms with van der Waals surface area (Å²) in [6.45, 7) is 4.60. The van der Waals surface area contributed by atoms with E-state index in [-0.39, 0.29) is 11.8 Å². The quantitative estimate of drug-likeness (QED) is 0.318. The molecule has 5 rings (SSSR count). The van der Waals surface area contributed by atoms with Gasteiger partial charge in [-0.2, -0.15) is 0 Å². The molecule has 0 unspecified atom stereocenters. The van der Waals surface area contributed by atoms with Crippen LogP contribution in [-0.4, -0.2) is 59.6 Å². The van der Waals surface area contributed by atoms with Gasteiger partial charge in [0.1, 0.15) is 22.8 Å². The summed E-state index contributed by atoms with van der Waals surface area (Å²) in [5.74, 6) is 1.07. The molecule has 206 valence electrons. The Balaban J connectivity index is 1.41. The fourth-order valence-electron chi connectivity index (χ4n) is 5.66. The Morgan fingerprint density at radius 2 is 1.69 bits per heavy atom. The number of nitrogens with zero attached hydrogens (tertiary/aromatic N) is 3. The van der Waals surface area contributed by atoms with Gasteiger partial charge in [0.15, 0.2) is 0 Å². The monoisotopic (exact) mass is 569 g/mol. The zero-order valence-electron chi connectivity index (χ0n) is 22.1. The number of hydrogen-bond acceptors (Lipinski definition) is 5. The predicted molar refractivity (Wildman–Crippen MR) is 151 cm³/mol. The van der Waals surface area contributed by atoms with Gasteiger partial charge in [-0.05, 0) is 69.4 Å². The van der Waals surface area contributed by atoms with Crippen molar-refractivity contribution in [2.24, 2.45) is 5.41 Å². The maximum absolute atomic E-state index is 14.0. The first-order chi connectivity index (χ1) is 18.8. The summed E-state index contributed by atoms with van der Waals surface area (Å²) in [6.07, 6.45) is 5.08. The van der Waals surface area contributed by atoms with Crippen molar-refractivity contribution in [3.63, 3.8) is 0 Å². The number of benzene rings is 2. The lowest BCUT2D eigenvalue weighted by molar-refractivity contribution is -0.136. The Hall–Kier alpha value is -3.03. The van der Waals surface area contributed by atoms with Crippen molar-refractivity contribution in [1.82, 2.24) is 15.0 Å². The Bertz CT molecular complexity index is 1320. The summed E-state index contributed by atoms with van der Waals surface area (Å²) in [6, 6.07) is 14.5. The maximum atomic E-state index is 14.0. The van der Waals surface area contributed by atoms with Crippen molar-refractivity contribution < 1.29 is 18.8 Å². The van der Waals surface area contributed by atoms with Crippen LogP contribution in [0, 0.1) is 12.3 Å². The van der Waals surface area contributed by atoms with Gasteiger partial charge in [-0.3, -0.25) is 9.59 Å². The highest BCUT2D eigenvalue weighted by atomic mass is 35.5. The first kappa shape index (κ1) is 27.5. The Kier molecular flexibility index (Phi) is 8.48. The second kappa shape index (κ2) is 12.0. The van der Waals surface area contributed by atoms with Crippen LogP contribution in [0.3, 0.4) is 0 Å². The predicted octanol–water partition coefficient (Wildman–Crippen LogP) is 6.66. The fraction of sp³-hybridized carbons (Fsp3) is 0.433. The zero-order chi connectivity index (χ0) is 27.4. The van der Waals surface area contributed by atoms with Gasteiger partial charge in [0.25, 0.3) is 5.91 Å². The lowest BCUT2D eigenvalue weighted by Gasteiger charge is -2.43. The third-order valence-corrected chi connectivity index (χ3v) is 8.33. The smallest absolute Gasteiger partial charge is 0.259 e. The third kappa shape index (κ3) is 6.25. The van der Waals surface area contributed by atoms with Crippen LogP contribution in [0.15, 0.2) is 53.1 Å². The molecule has 0 saturated carbocycles. The minimum atomic E-state index is -0.530. The summed E-state index contributed by atoms with van der Waals surface area (Å²) < 4.78 is 11.7. The Morgan fingerprint density at radius 3 is 2.44 bits per heavy atom. The molecular formula is C30H33Cl2N3O4. The molecule has 2 amide bonds. The number of hydrogen-bond donors (Lipinski definition) is 0. The van der Waals surface area contributed by atoms with Gasteiger partial charge in [-0.25, -0.2) is 0 Å². The minimum Gasteiger partial charge on any atom is -0.493 e. The molecule has 0 radical (unpaired) electrons. The second-order valence-electron chi connectivity index (χ2n) is 10.6. The number of aryl methyl sites for hydroxylation is 1. The van der Waals surface area contributed by atoms with Crippen molar-refractivity contribution in [2.45, 2.75) is 45.4 Å². The van der Waals surface area contributed by atoms with E-state index in [1.165, 1.54) is 0 Å². The number of ether oxygens (including phenoxy) is 1. The molecule has 2 aliphatic rings. The average Bonchev–Trinajstić information content (AvgIpc) is 3.34. The summed E-state index contributed by atoms with van der Waals surface area (Å²) in [7, 11) is 0. The first-order valence-electron chi connectivity index (χ1n) is 13.5. The van der Waals surface area contributed by atoms with E-state index in [2.05, 4.69) is 5.16 Å². The van der Waals surface area contributed by atoms with Crippen molar-refractivity contribution >= 4 is 35.0 Å². The van der Waals surface area contributed by atoms with E-state index < -0.39 is 5.41 Å². The molecule has 39 heavy (non-hydrogen) atoms. The fourth-order valence-corrected chi connectivity index (χ4v) is 6.01. The molecule has 3 aromatic rings. The highest BCUT2D eigenvalue weighted by Crippen LogP contribution is 2.38. The largest absolute Gasteiger partial charge is 0.493 e. The zero-order valence-corrected chi connectivity index (χ0v) is 23.6. The van der Waals surface area contributed by atoms with Crippen molar-refractivity contribution in [1.29, 1.82) is 0 Å². The molecule has 2 aromatic carbocycles. The van der Waals surface area contributed by atoms with E-state index >= 15 is 0 Å². The normalized spacial score (nSPS) is 19.7. The van der Waals surface area contributed by atoms with Crippen LogP contribution in [0.1, 0.15) is 54.6 Å². The van der Waals surface area contributed by atoms with E-state index in [1.807, 2.05) is 40.1 Å². The van der Waals surface area contributed by atoms with E-state index in [4.69, 9.17) is 32.5 Å². The van der Waals surface area contributed by atoms with E-state index in [1.54, 1.807) is 25.1 Å². The average molecular weight is 571 g/mol. The molecule has 1 atom stereocenters. The van der Waals surface area contributed by atoms with Crippen molar-refractivity contribution in [3.8, 4) is 17.0 Å². The molecule has 7 nitrogen and oxygen atoms in total. The summed E-state index contributed by atoms with van der Waals surface area (Å²) >= 11 is 12.5. The molecule has 2 saturated heterocycles. The van der Waals surface area contributed by atoms with Gasteiger partial charge >= 0.3 is 0 Å². The highest BCUT2D eigenvalue weighted by molar-refractivity contribution is 6.33. The van der Waals surface area contributed by atoms with Crippen molar-refractivity contribution in [2.75, 3.05) is 32.8 Å². The molecule has 2 aliphatic heterocycles. The van der Waals surface area contributed by atoms with Gasteiger partial charge in [0.05, 0.1) is 11.6 Å². The van der Waals surface area contributed by atoms with Gasteiger partial charge in [-0.1, -0.05) is 46.6 Å². The maximum Gasteiger partial charge on any atom is 0.259 e. The first-order valence-corrected chi connectivity index (χ1v) is 14.3. The molecule has 2 fully saturated rings. The number of carbonyl (C=O) groups excluding carboxylic acids is 2. The number of likely N-dealkylation sites (tertiary alicyclic amines) is 2. The van der Waals surface area contributed by atoms with Crippen LogP contribution in [0.25, 0.3) is 11.3 Å². The van der Waals surface area contributed by atoms with E-state index in [9.17, 15) is 9.59 Å². The SMILES string of the molecule is Cc1onc(-c2ccccc2Cl)c1C(=O)N1CCC[C@@](COc2ccc(Cl)cc2)(CC(=O)N2CCCCC2)C1. The van der Waals surface area contributed by atoms with Gasteiger partial charge in [0.2, 0.25) is 5.91 Å². The molecule has 1 aromatic heterocycles. The van der Waals surface area contributed by atoms with Crippen molar-refractivity contribution in [3.05, 3.63) is 69.9 Å². The molecule has 3 heterocycles. The van der Waals surface area contributed by atoms with Crippen LogP contribution in [0.4, 0.5) is 0 Å². The topological polar surface area (TPSA) is 75.9 Å². The van der Waals surface area contributed by atoms with E-state index in [0.717, 1.165) is 45.2 Å². The minimum absolute atomic E-state index is 0.126. The second-order valence-corrected chi connectivity index (χ2v) is 11.5. The standard InChI is InChI=1S/C30H33Cl2N3O4/c1-21-27(28(33-39-21)24-8-3-4-9-25(24)32)29(37)35-17-7-14-30(19-35,18-26(36)34-15-5-2-6-16-34)20-38-23-12-10-22(31)11-13-23/h3-4,8-13H,2,5-7,14-20H2,1H3/t30-/m1/s1. The third-order valence-electron chi connectivity index (χ3n) is 7.75.